The summed E-state index contributed by atoms with van der Waals surface area (Å²) in [6.07, 6.45) is 1.35. The third kappa shape index (κ3) is 7.45. The fourth-order valence-corrected chi connectivity index (χ4v) is 2.29. The predicted molar refractivity (Wildman–Crippen MR) is 105 cm³/mol. The van der Waals surface area contributed by atoms with E-state index >= 15 is 0 Å². The third-order valence-corrected chi connectivity index (χ3v) is 3.92. The number of hydrogen-bond acceptors (Lipinski definition) is 6. The number of hydrogen-bond donors (Lipinski definition) is 2. The minimum atomic E-state index is -1.32. The Kier molecular flexibility index (Phi) is 7.90. The molecule has 0 bridgehead atoms. The molecule has 0 saturated heterocycles. The van der Waals surface area contributed by atoms with E-state index in [2.05, 4.69) is 29.7 Å². The van der Waals surface area contributed by atoms with Crippen molar-refractivity contribution in [3.05, 3.63) is 65.2 Å². The molecule has 0 aliphatic heterocycles. The molecule has 8 heteroatoms. The highest BCUT2D eigenvalue weighted by atomic mass is 16.5. The molecule has 0 atom stereocenters. The van der Waals surface area contributed by atoms with Crippen molar-refractivity contribution < 1.29 is 24.2 Å². The molecule has 0 aliphatic carbocycles. The molecule has 0 aliphatic rings. The Morgan fingerprint density at radius 1 is 1.03 bits per heavy atom. The molecule has 0 unspecified atom stereocenters. The summed E-state index contributed by atoms with van der Waals surface area (Å²) in [4.78, 5) is 34.0. The van der Waals surface area contributed by atoms with Gasteiger partial charge in [-0.2, -0.15) is 5.10 Å². The van der Waals surface area contributed by atoms with E-state index < -0.39 is 24.4 Å². The highest BCUT2D eigenvalue weighted by molar-refractivity contribution is 6.35. The maximum atomic E-state index is 11.8. The summed E-state index contributed by atoms with van der Waals surface area (Å²) in [6, 6.07) is 14.1. The van der Waals surface area contributed by atoms with Crippen molar-refractivity contribution in [3.63, 3.8) is 0 Å². The van der Waals surface area contributed by atoms with E-state index in [1.54, 1.807) is 24.3 Å². The Bertz CT molecular complexity index is 874. The number of carbonyl (C=O) groups is 3. The number of benzene rings is 2. The topological polar surface area (TPSA) is 120 Å². The first-order chi connectivity index (χ1) is 13.8. The Morgan fingerprint density at radius 2 is 1.69 bits per heavy atom. The van der Waals surface area contributed by atoms with Crippen molar-refractivity contribution in [1.82, 2.24) is 10.7 Å². The molecule has 0 fully saturated rings. The molecule has 2 amide bonds. The van der Waals surface area contributed by atoms with Crippen LogP contribution in [0.2, 0.25) is 0 Å². The van der Waals surface area contributed by atoms with E-state index in [1.807, 2.05) is 24.3 Å². The summed E-state index contributed by atoms with van der Waals surface area (Å²) in [5.74, 6) is -2.21. The van der Waals surface area contributed by atoms with Gasteiger partial charge in [-0.05, 0) is 46.9 Å². The molecule has 0 spiro atoms. The van der Waals surface area contributed by atoms with Gasteiger partial charge in [0.2, 0.25) is 0 Å². The van der Waals surface area contributed by atoms with Gasteiger partial charge in [-0.25, -0.2) is 5.43 Å². The van der Waals surface area contributed by atoms with Crippen LogP contribution < -0.4 is 20.6 Å². The van der Waals surface area contributed by atoms with Crippen molar-refractivity contribution in [2.75, 3.05) is 6.61 Å². The summed E-state index contributed by atoms with van der Waals surface area (Å²) in [5, 5.41) is 16.6. The SMILES string of the molecule is CC(C)c1ccc(CNC(=O)C(=O)N/N=C\c2ccc(OCC(=O)[O-])cc2)cc1. The molecular formula is C21H22N3O5-. The average Bonchev–Trinajstić information content (AvgIpc) is 2.71. The smallest absolute Gasteiger partial charge is 0.329 e. The summed E-state index contributed by atoms with van der Waals surface area (Å²) < 4.78 is 4.95. The number of nitrogens with zero attached hydrogens (tertiary/aromatic N) is 1. The minimum Gasteiger partial charge on any atom is -0.546 e. The normalized spacial score (nSPS) is 10.7. The van der Waals surface area contributed by atoms with Crippen LogP contribution in [-0.2, 0) is 20.9 Å². The fraction of sp³-hybridized carbons (Fsp3) is 0.238. The zero-order valence-electron chi connectivity index (χ0n) is 16.2. The van der Waals surface area contributed by atoms with Crippen LogP contribution in [0.1, 0.15) is 36.5 Å². The fourth-order valence-electron chi connectivity index (χ4n) is 2.29. The second-order valence-electron chi connectivity index (χ2n) is 6.51. The number of carboxylic acids is 1. The molecule has 2 rings (SSSR count). The first-order valence-electron chi connectivity index (χ1n) is 8.98. The van der Waals surface area contributed by atoms with Crippen molar-refractivity contribution in [1.29, 1.82) is 0 Å². The van der Waals surface area contributed by atoms with Crippen LogP contribution in [0.15, 0.2) is 53.6 Å². The van der Waals surface area contributed by atoms with Crippen molar-refractivity contribution in [2.45, 2.75) is 26.3 Å². The van der Waals surface area contributed by atoms with E-state index in [4.69, 9.17) is 4.74 Å². The summed E-state index contributed by atoms with van der Waals surface area (Å²) >= 11 is 0. The van der Waals surface area contributed by atoms with Gasteiger partial charge in [-0.15, -0.1) is 0 Å². The monoisotopic (exact) mass is 396 g/mol. The van der Waals surface area contributed by atoms with Gasteiger partial charge in [-0.1, -0.05) is 38.1 Å². The zero-order chi connectivity index (χ0) is 21.2. The van der Waals surface area contributed by atoms with Crippen LogP contribution in [0, 0.1) is 0 Å². The van der Waals surface area contributed by atoms with Crippen LogP contribution in [0.3, 0.4) is 0 Å². The van der Waals surface area contributed by atoms with E-state index in [-0.39, 0.29) is 6.54 Å². The molecule has 2 aromatic carbocycles. The first kappa shape index (κ1) is 21.6. The van der Waals surface area contributed by atoms with Crippen molar-refractivity contribution in [3.8, 4) is 5.75 Å². The van der Waals surface area contributed by atoms with Gasteiger partial charge in [0.25, 0.3) is 0 Å². The first-order valence-corrected chi connectivity index (χ1v) is 8.98. The second kappa shape index (κ2) is 10.6. The van der Waals surface area contributed by atoms with Gasteiger partial charge >= 0.3 is 11.8 Å². The lowest BCUT2D eigenvalue weighted by Crippen LogP contribution is -2.37. The molecule has 0 heterocycles. The van der Waals surface area contributed by atoms with E-state index in [1.165, 1.54) is 11.8 Å². The van der Waals surface area contributed by atoms with Gasteiger partial charge in [0.1, 0.15) is 12.4 Å². The van der Waals surface area contributed by atoms with Crippen LogP contribution in [-0.4, -0.2) is 30.6 Å². The molecule has 152 valence electrons. The number of nitrogens with one attached hydrogen (secondary N) is 2. The van der Waals surface area contributed by atoms with Crippen molar-refractivity contribution >= 4 is 24.0 Å². The highest BCUT2D eigenvalue weighted by Gasteiger charge is 2.12. The van der Waals surface area contributed by atoms with Gasteiger partial charge in [0.05, 0.1) is 12.2 Å². The lowest BCUT2D eigenvalue weighted by Gasteiger charge is -2.08. The minimum absolute atomic E-state index is 0.238. The van der Waals surface area contributed by atoms with Crippen LogP contribution >= 0.6 is 0 Å². The maximum absolute atomic E-state index is 11.8. The van der Waals surface area contributed by atoms with Gasteiger partial charge in [-0.3, -0.25) is 9.59 Å². The average molecular weight is 396 g/mol. The predicted octanol–water partition coefficient (Wildman–Crippen LogP) is 0.705. The van der Waals surface area contributed by atoms with Crippen LogP contribution in [0.4, 0.5) is 0 Å². The Balaban J connectivity index is 1.77. The lowest BCUT2D eigenvalue weighted by molar-refractivity contribution is -0.307. The zero-order valence-corrected chi connectivity index (χ0v) is 16.2. The molecule has 2 N–H and O–H groups in total. The molecule has 2 aromatic rings. The number of rotatable bonds is 8. The number of amides is 2. The molecule has 29 heavy (non-hydrogen) atoms. The Hall–Kier alpha value is -3.68. The third-order valence-electron chi connectivity index (χ3n) is 3.92. The number of ether oxygens (including phenoxy) is 1. The quantitative estimate of drug-likeness (QED) is 0.387. The standard InChI is InChI=1S/C21H23N3O5/c1-14(2)17-7-3-15(4-8-17)11-22-20(27)21(28)24-23-12-16-5-9-18(10-6-16)29-13-19(25)26/h3-10,12,14H,11,13H2,1-2H3,(H,22,27)(H,24,28)(H,25,26)/p-1/b23-12-. The van der Waals surface area contributed by atoms with E-state index in [9.17, 15) is 19.5 Å². The largest absolute Gasteiger partial charge is 0.546 e. The van der Waals surface area contributed by atoms with Crippen LogP contribution in [0.25, 0.3) is 0 Å². The van der Waals surface area contributed by atoms with E-state index in [0.29, 0.717) is 17.2 Å². The number of aliphatic carboxylic acids is 1. The molecule has 8 nitrogen and oxygen atoms in total. The Labute approximate surface area is 168 Å². The lowest BCUT2D eigenvalue weighted by atomic mass is 10.0. The van der Waals surface area contributed by atoms with Crippen molar-refractivity contribution in [2.24, 2.45) is 5.10 Å². The summed E-state index contributed by atoms with van der Waals surface area (Å²) in [5.41, 5.74) is 4.86. The molecule has 0 radical (unpaired) electrons. The van der Waals surface area contributed by atoms with Gasteiger partial charge in [0, 0.05) is 6.54 Å². The molecular weight excluding hydrogens is 374 g/mol. The second-order valence-corrected chi connectivity index (χ2v) is 6.51. The summed E-state index contributed by atoms with van der Waals surface area (Å²) in [7, 11) is 0. The number of hydrazone groups is 1. The number of carboxylic acid groups (broad SMARTS) is 1. The highest BCUT2D eigenvalue weighted by Crippen LogP contribution is 2.14. The van der Waals surface area contributed by atoms with Crippen LogP contribution in [0.5, 0.6) is 5.75 Å². The van der Waals surface area contributed by atoms with E-state index in [0.717, 1.165) is 5.56 Å². The van der Waals surface area contributed by atoms with Gasteiger partial charge in [0.15, 0.2) is 0 Å². The summed E-state index contributed by atoms with van der Waals surface area (Å²) in [6.45, 7) is 3.89. The molecule has 0 saturated carbocycles. The maximum Gasteiger partial charge on any atom is 0.329 e. The Morgan fingerprint density at radius 3 is 2.28 bits per heavy atom. The van der Waals surface area contributed by atoms with Gasteiger partial charge < -0.3 is 20.0 Å². The molecule has 0 aromatic heterocycles. The number of carbonyl (C=O) groups excluding carboxylic acids is 3.